The Morgan fingerprint density at radius 2 is 1.96 bits per heavy atom. The van der Waals surface area contributed by atoms with Crippen LogP contribution < -0.4 is 15.4 Å². The van der Waals surface area contributed by atoms with Crippen LogP contribution in [0.5, 0.6) is 5.88 Å². The number of aromatic nitrogens is 2. The highest BCUT2D eigenvalue weighted by Crippen LogP contribution is 2.29. The van der Waals surface area contributed by atoms with E-state index in [1.165, 1.54) is 18.3 Å². The summed E-state index contributed by atoms with van der Waals surface area (Å²) in [4.78, 5) is 31.7. The van der Waals surface area contributed by atoms with Crippen molar-refractivity contribution in [2.75, 3.05) is 11.9 Å². The van der Waals surface area contributed by atoms with Gasteiger partial charge in [-0.05, 0) is 36.6 Å². The summed E-state index contributed by atoms with van der Waals surface area (Å²) in [6.07, 6.45) is -0.0300. The van der Waals surface area contributed by atoms with Crippen LogP contribution in [0.4, 0.5) is 19.0 Å². The van der Waals surface area contributed by atoms with E-state index in [0.717, 1.165) is 24.6 Å². The molecule has 10 heteroatoms. The molecule has 0 atom stereocenters. The van der Waals surface area contributed by atoms with Gasteiger partial charge in [0, 0.05) is 30.9 Å². The minimum Gasteiger partial charge on any atom is -0.468 e. The zero-order valence-electron chi connectivity index (χ0n) is 14.6. The predicted molar refractivity (Wildman–Crippen MR) is 92.5 cm³/mol. The van der Waals surface area contributed by atoms with Crippen LogP contribution in [0.25, 0.3) is 0 Å². The number of halogens is 3. The van der Waals surface area contributed by atoms with E-state index in [1.807, 2.05) is 0 Å². The van der Waals surface area contributed by atoms with Gasteiger partial charge in [0.25, 0.3) is 5.91 Å². The molecule has 2 aromatic rings. The highest BCUT2D eigenvalue weighted by atomic mass is 19.4. The number of pyridine rings is 2. The molecule has 1 aliphatic rings. The fourth-order valence-electron chi connectivity index (χ4n) is 2.27. The first-order valence-corrected chi connectivity index (χ1v) is 8.50. The first-order chi connectivity index (χ1) is 13.3. The SMILES string of the molecule is O=C(NCc1ccnc(NC(=O)C2CC2)c1)c1ccc(OCC(F)(F)F)nc1. The van der Waals surface area contributed by atoms with Gasteiger partial charge in [0.15, 0.2) is 6.61 Å². The fraction of sp³-hybridized carbons (Fsp3) is 0.333. The molecular weight excluding hydrogens is 377 g/mol. The molecule has 7 nitrogen and oxygen atoms in total. The maximum atomic E-state index is 12.1. The lowest BCUT2D eigenvalue weighted by atomic mass is 10.2. The summed E-state index contributed by atoms with van der Waals surface area (Å²) in [7, 11) is 0. The van der Waals surface area contributed by atoms with Crippen LogP contribution in [-0.2, 0) is 11.3 Å². The number of nitrogens with zero attached hydrogens (tertiary/aromatic N) is 2. The lowest BCUT2D eigenvalue weighted by Crippen LogP contribution is -2.23. The third kappa shape index (κ3) is 5.93. The average Bonchev–Trinajstić information content (AvgIpc) is 3.50. The van der Waals surface area contributed by atoms with Crippen LogP contribution in [0, 0.1) is 5.92 Å². The molecule has 0 radical (unpaired) electrons. The van der Waals surface area contributed by atoms with E-state index < -0.39 is 18.7 Å². The molecule has 0 bridgehead atoms. The van der Waals surface area contributed by atoms with Crippen molar-refractivity contribution in [3.8, 4) is 5.88 Å². The van der Waals surface area contributed by atoms with Crippen molar-refractivity contribution < 1.29 is 27.5 Å². The minimum absolute atomic E-state index is 0.0562. The lowest BCUT2D eigenvalue weighted by Gasteiger charge is -2.09. The van der Waals surface area contributed by atoms with Crippen LogP contribution in [0.3, 0.4) is 0 Å². The number of amides is 2. The van der Waals surface area contributed by atoms with Crippen LogP contribution in [0.1, 0.15) is 28.8 Å². The highest BCUT2D eigenvalue weighted by Gasteiger charge is 2.30. The molecular formula is C18H17F3N4O3. The number of carbonyl (C=O) groups is 2. The first-order valence-electron chi connectivity index (χ1n) is 8.50. The second-order valence-corrected chi connectivity index (χ2v) is 6.28. The normalized spacial score (nSPS) is 13.7. The number of hydrogen-bond acceptors (Lipinski definition) is 5. The van der Waals surface area contributed by atoms with E-state index in [1.54, 1.807) is 12.1 Å². The van der Waals surface area contributed by atoms with Crippen molar-refractivity contribution in [1.82, 2.24) is 15.3 Å². The molecule has 0 aliphatic heterocycles. The Labute approximate surface area is 158 Å². The molecule has 1 aliphatic carbocycles. The molecule has 0 spiro atoms. The molecule has 1 fully saturated rings. The molecule has 3 rings (SSSR count). The van der Waals surface area contributed by atoms with Gasteiger partial charge >= 0.3 is 6.18 Å². The number of carbonyl (C=O) groups excluding carboxylic acids is 2. The monoisotopic (exact) mass is 394 g/mol. The van der Waals surface area contributed by atoms with Gasteiger partial charge in [0.05, 0.1) is 5.56 Å². The Balaban J connectivity index is 1.51. The van der Waals surface area contributed by atoms with Gasteiger partial charge in [-0.15, -0.1) is 0 Å². The smallest absolute Gasteiger partial charge is 0.422 e. The third-order valence-corrected chi connectivity index (χ3v) is 3.86. The number of alkyl halides is 3. The first kappa shape index (κ1) is 19.6. The molecule has 148 valence electrons. The summed E-state index contributed by atoms with van der Waals surface area (Å²) in [6.45, 7) is -1.27. The second-order valence-electron chi connectivity index (χ2n) is 6.28. The predicted octanol–water partition coefficient (Wildman–Crippen LogP) is 2.70. The lowest BCUT2D eigenvalue weighted by molar-refractivity contribution is -0.154. The largest absolute Gasteiger partial charge is 0.468 e. The van der Waals surface area contributed by atoms with E-state index >= 15 is 0 Å². The van der Waals surface area contributed by atoms with Gasteiger partial charge in [0.2, 0.25) is 11.8 Å². The number of anilines is 1. The van der Waals surface area contributed by atoms with Crippen molar-refractivity contribution >= 4 is 17.6 Å². The summed E-state index contributed by atoms with van der Waals surface area (Å²) in [5.41, 5.74) is 0.906. The molecule has 2 aromatic heterocycles. The summed E-state index contributed by atoms with van der Waals surface area (Å²) >= 11 is 0. The summed E-state index contributed by atoms with van der Waals surface area (Å²) in [5, 5.41) is 5.39. The zero-order valence-corrected chi connectivity index (χ0v) is 14.6. The van der Waals surface area contributed by atoms with E-state index in [0.29, 0.717) is 5.82 Å². The Bertz CT molecular complexity index is 852. The maximum absolute atomic E-state index is 12.1. The van der Waals surface area contributed by atoms with Crippen molar-refractivity contribution in [2.24, 2.45) is 5.92 Å². The summed E-state index contributed by atoms with van der Waals surface area (Å²) < 4.78 is 40.8. The van der Waals surface area contributed by atoms with Gasteiger partial charge in [-0.2, -0.15) is 13.2 Å². The molecule has 2 amide bonds. The Hall–Kier alpha value is -3.17. The van der Waals surface area contributed by atoms with E-state index in [4.69, 9.17) is 0 Å². The van der Waals surface area contributed by atoms with Crippen molar-refractivity contribution in [3.05, 3.63) is 47.8 Å². The van der Waals surface area contributed by atoms with Crippen LogP contribution in [-0.4, -0.2) is 34.6 Å². The van der Waals surface area contributed by atoms with Crippen LogP contribution in [0.15, 0.2) is 36.7 Å². The van der Waals surface area contributed by atoms with E-state index in [9.17, 15) is 22.8 Å². The topological polar surface area (TPSA) is 93.2 Å². The van der Waals surface area contributed by atoms with E-state index in [-0.39, 0.29) is 29.8 Å². The van der Waals surface area contributed by atoms with Gasteiger partial charge in [0.1, 0.15) is 5.82 Å². The molecule has 2 N–H and O–H groups in total. The van der Waals surface area contributed by atoms with Crippen LogP contribution >= 0.6 is 0 Å². The standard InChI is InChI=1S/C18H17F3N4O3/c19-18(20,21)10-28-15-4-3-13(9-23-15)16(26)24-8-11-5-6-22-14(7-11)25-17(27)12-1-2-12/h3-7,9,12H,1-2,8,10H2,(H,24,26)(H,22,25,27). The Morgan fingerprint density at radius 3 is 2.61 bits per heavy atom. The Kier molecular flexibility index (Phi) is 5.76. The van der Waals surface area contributed by atoms with E-state index in [2.05, 4.69) is 25.3 Å². The Morgan fingerprint density at radius 1 is 1.18 bits per heavy atom. The maximum Gasteiger partial charge on any atom is 0.422 e. The molecule has 0 saturated heterocycles. The minimum atomic E-state index is -4.46. The molecule has 0 unspecified atom stereocenters. The fourth-order valence-corrected chi connectivity index (χ4v) is 2.27. The third-order valence-electron chi connectivity index (χ3n) is 3.86. The second kappa shape index (κ2) is 8.24. The van der Waals surface area contributed by atoms with Gasteiger partial charge in [-0.1, -0.05) is 0 Å². The number of rotatable bonds is 7. The van der Waals surface area contributed by atoms with Crippen molar-refractivity contribution in [2.45, 2.75) is 25.6 Å². The zero-order chi connectivity index (χ0) is 20.1. The molecule has 28 heavy (non-hydrogen) atoms. The van der Waals surface area contributed by atoms with Gasteiger partial charge < -0.3 is 15.4 Å². The molecule has 2 heterocycles. The van der Waals surface area contributed by atoms with Crippen molar-refractivity contribution in [1.29, 1.82) is 0 Å². The number of hydrogen-bond donors (Lipinski definition) is 2. The quantitative estimate of drug-likeness (QED) is 0.753. The van der Waals surface area contributed by atoms with Gasteiger partial charge in [-0.3, -0.25) is 9.59 Å². The molecule has 0 aromatic carbocycles. The number of ether oxygens (including phenoxy) is 1. The average molecular weight is 394 g/mol. The summed E-state index contributed by atoms with van der Waals surface area (Å²) in [5.74, 6) is -0.265. The summed E-state index contributed by atoms with van der Waals surface area (Å²) in [6, 6.07) is 5.87. The van der Waals surface area contributed by atoms with Crippen LogP contribution in [0.2, 0.25) is 0 Å². The van der Waals surface area contributed by atoms with Crippen molar-refractivity contribution in [3.63, 3.8) is 0 Å². The van der Waals surface area contributed by atoms with Gasteiger partial charge in [-0.25, -0.2) is 9.97 Å². The highest BCUT2D eigenvalue weighted by molar-refractivity contribution is 5.94. The number of nitrogens with one attached hydrogen (secondary N) is 2. The molecule has 1 saturated carbocycles.